The number of benzene rings is 2. The van der Waals surface area contributed by atoms with Crippen molar-refractivity contribution in [1.82, 2.24) is 19.9 Å². The molecule has 0 aliphatic carbocycles. The highest BCUT2D eigenvalue weighted by molar-refractivity contribution is 6.04. The second-order valence-corrected chi connectivity index (χ2v) is 6.65. The second-order valence-electron chi connectivity index (χ2n) is 6.65. The van der Waals surface area contributed by atoms with Crippen molar-refractivity contribution in [2.45, 2.75) is 0 Å². The third-order valence-corrected chi connectivity index (χ3v) is 4.95. The van der Waals surface area contributed by atoms with Crippen LogP contribution < -0.4 is 0 Å². The summed E-state index contributed by atoms with van der Waals surface area (Å²) in [6, 6.07) is 26.3. The third kappa shape index (κ3) is 2.25. The van der Waals surface area contributed by atoms with E-state index in [4.69, 9.17) is 9.97 Å². The van der Waals surface area contributed by atoms with Crippen LogP contribution in [0.3, 0.4) is 0 Å². The van der Waals surface area contributed by atoms with E-state index in [0.717, 1.165) is 55.0 Å². The largest absolute Gasteiger partial charge is 0.254 e. The quantitative estimate of drug-likeness (QED) is 0.383. The van der Waals surface area contributed by atoms with Gasteiger partial charge in [-0.3, -0.25) is 9.97 Å². The standard InChI is InChI=1S/C24H12N4/c1-3-15-5-7-17-9-11-19(27-23(17)21(15)25-13-1)20-12-10-18-8-6-16-4-2-14-26-22(16)24(18)28-20/h1-4,7-14H. The molecule has 6 aromatic rings. The lowest BCUT2D eigenvalue weighted by atomic mass is 10.1. The zero-order valence-electron chi connectivity index (χ0n) is 14.7. The lowest BCUT2D eigenvalue weighted by Crippen LogP contribution is -1.92. The highest BCUT2D eigenvalue weighted by Gasteiger charge is 2.09. The summed E-state index contributed by atoms with van der Waals surface area (Å²) in [4.78, 5) is 18.8. The fourth-order valence-corrected chi connectivity index (χ4v) is 3.57. The molecule has 0 saturated heterocycles. The molecular weight excluding hydrogens is 344 g/mol. The molecule has 6 rings (SSSR count). The molecule has 128 valence electrons. The van der Waals surface area contributed by atoms with Crippen molar-refractivity contribution in [1.29, 1.82) is 0 Å². The van der Waals surface area contributed by atoms with Gasteiger partial charge in [0.15, 0.2) is 0 Å². The normalized spacial score (nSPS) is 11.6. The number of fused-ring (bicyclic) bond motifs is 6. The first-order chi connectivity index (χ1) is 13.9. The van der Waals surface area contributed by atoms with Gasteiger partial charge in [0.1, 0.15) is 0 Å². The molecule has 0 aliphatic heterocycles. The van der Waals surface area contributed by atoms with Crippen LogP contribution in [0.1, 0.15) is 0 Å². The lowest BCUT2D eigenvalue weighted by Gasteiger charge is -2.07. The Hall–Kier alpha value is -3.92. The SMILES string of the molecule is [c]1cc2ccc(-c3ccc4c[c]c5cccnc5c4n3)nc2c2ncccc12. The first-order valence-electron chi connectivity index (χ1n) is 8.99. The molecular formula is C24H12N4. The summed E-state index contributed by atoms with van der Waals surface area (Å²) in [7, 11) is 0. The summed E-state index contributed by atoms with van der Waals surface area (Å²) in [6.45, 7) is 0. The number of aromatic nitrogens is 4. The molecule has 0 bridgehead atoms. The van der Waals surface area contributed by atoms with Crippen molar-refractivity contribution in [3.8, 4) is 11.4 Å². The summed E-state index contributed by atoms with van der Waals surface area (Å²) in [5, 5.41) is 3.93. The Bertz CT molecular complexity index is 1400. The lowest BCUT2D eigenvalue weighted by molar-refractivity contribution is 1.31. The average molecular weight is 356 g/mol. The summed E-state index contributed by atoms with van der Waals surface area (Å²) in [6.07, 6.45) is 3.57. The van der Waals surface area contributed by atoms with Gasteiger partial charge in [0.2, 0.25) is 0 Å². The highest BCUT2D eigenvalue weighted by atomic mass is 14.8. The Kier molecular flexibility index (Phi) is 3.14. The van der Waals surface area contributed by atoms with E-state index in [1.807, 2.05) is 60.7 Å². The Morgan fingerprint density at radius 1 is 0.536 bits per heavy atom. The van der Waals surface area contributed by atoms with Crippen LogP contribution in [-0.4, -0.2) is 19.9 Å². The first kappa shape index (κ1) is 15.2. The molecule has 4 nitrogen and oxygen atoms in total. The second kappa shape index (κ2) is 5.79. The number of hydrogen-bond acceptors (Lipinski definition) is 4. The Morgan fingerprint density at radius 2 is 1.04 bits per heavy atom. The van der Waals surface area contributed by atoms with Crippen LogP contribution in [0.15, 0.2) is 73.1 Å². The molecule has 28 heavy (non-hydrogen) atoms. The van der Waals surface area contributed by atoms with E-state index in [0.29, 0.717) is 0 Å². The monoisotopic (exact) mass is 356 g/mol. The summed E-state index contributed by atoms with van der Waals surface area (Å²) < 4.78 is 0. The van der Waals surface area contributed by atoms with Crippen molar-refractivity contribution >= 4 is 43.6 Å². The number of pyridine rings is 4. The number of hydrogen-bond donors (Lipinski definition) is 0. The molecule has 4 heterocycles. The van der Waals surface area contributed by atoms with Gasteiger partial charge in [0.25, 0.3) is 0 Å². The Morgan fingerprint density at radius 3 is 1.54 bits per heavy atom. The van der Waals surface area contributed by atoms with Gasteiger partial charge in [0, 0.05) is 33.9 Å². The minimum Gasteiger partial charge on any atom is -0.254 e. The fourth-order valence-electron chi connectivity index (χ4n) is 3.57. The van der Waals surface area contributed by atoms with Crippen molar-refractivity contribution in [3.05, 3.63) is 85.2 Å². The Balaban J connectivity index is 1.63. The van der Waals surface area contributed by atoms with E-state index in [1.165, 1.54) is 0 Å². The van der Waals surface area contributed by atoms with Crippen molar-refractivity contribution in [3.63, 3.8) is 0 Å². The maximum atomic E-state index is 4.89. The Labute approximate surface area is 160 Å². The van der Waals surface area contributed by atoms with Gasteiger partial charge in [-0.05, 0) is 48.5 Å². The van der Waals surface area contributed by atoms with Crippen LogP contribution in [0.4, 0.5) is 0 Å². The highest BCUT2D eigenvalue weighted by Crippen LogP contribution is 2.27. The van der Waals surface area contributed by atoms with Gasteiger partial charge >= 0.3 is 0 Å². The molecule has 4 aromatic heterocycles. The van der Waals surface area contributed by atoms with Crippen LogP contribution in [0.2, 0.25) is 0 Å². The molecule has 0 atom stereocenters. The minimum absolute atomic E-state index is 0.810. The van der Waals surface area contributed by atoms with Crippen LogP contribution in [0, 0.1) is 12.1 Å². The average Bonchev–Trinajstić information content (AvgIpc) is 2.78. The van der Waals surface area contributed by atoms with Crippen molar-refractivity contribution in [2.75, 3.05) is 0 Å². The third-order valence-electron chi connectivity index (χ3n) is 4.95. The van der Waals surface area contributed by atoms with E-state index < -0.39 is 0 Å². The summed E-state index contributed by atoms with van der Waals surface area (Å²) >= 11 is 0. The maximum absolute atomic E-state index is 4.89. The van der Waals surface area contributed by atoms with E-state index >= 15 is 0 Å². The predicted molar refractivity (Wildman–Crippen MR) is 111 cm³/mol. The van der Waals surface area contributed by atoms with Crippen LogP contribution in [0.5, 0.6) is 0 Å². The topological polar surface area (TPSA) is 51.6 Å². The van der Waals surface area contributed by atoms with Gasteiger partial charge < -0.3 is 0 Å². The molecule has 0 saturated carbocycles. The molecule has 0 spiro atoms. The molecule has 0 amide bonds. The molecule has 4 heteroatoms. The predicted octanol–water partition coefficient (Wildman–Crippen LogP) is 5.15. The van der Waals surface area contributed by atoms with Crippen molar-refractivity contribution in [2.24, 2.45) is 0 Å². The van der Waals surface area contributed by atoms with E-state index in [1.54, 1.807) is 12.4 Å². The molecule has 0 fully saturated rings. The number of nitrogens with zero attached hydrogens (tertiary/aromatic N) is 4. The van der Waals surface area contributed by atoms with E-state index in [9.17, 15) is 0 Å². The van der Waals surface area contributed by atoms with E-state index in [2.05, 4.69) is 22.1 Å². The number of rotatable bonds is 1. The smallest absolute Gasteiger partial charge is 0.0973 e. The summed E-state index contributed by atoms with van der Waals surface area (Å²) in [5.41, 5.74) is 5.04. The van der Waals surface area contributed by atoms with Gasteiger partial charge in [0.05, 0.1) is 33.5 Å². The van der Waals surface area contributed by atoms with Crippen LogP contribution in [0.25, 0.3) is 55.0 Å². The van der Waals surface area contributed by atoms with E-state index in [-0.39, 0.29) is 0 Å². The van der Waals surface area contributed by atoms with Gasteiger partial charge in [-0.15, -0.1) is 0 Å². The molecule has 0 unspecified atom stereocenters. The molecule has 2 radical (unpaired) electrons. The fraction of sp³-hybridized carbons (Fsp3) is 0. The van der Waals surface area contributed by atoms with Crippen LogP contribution in [-0.2, 0) is 0 Å². The minimum atomic E-state index is 0.810. The zero-order chi connectivity index (χ0) is 18.5. The molecule has 2 aromatic carbocycles. The molecule has 0 N–H and O–H groups in total. The van der Waals surface area contributed by atoms with Crippen LogP contribution >= 0.6 is 0 Å². The van der Waals surface area contributed by atoms with Crippen molar-refractivity contribution < 1.29 is 0 Å². The summed E-state index contributed by atoms with van der Waals surface area (Å²) in [5.74, 6) is 0. The van der Waals surface area contributed by atoms with Gasteiger partial charge in [-0.1, -0.05) is 24.3 Å². The van der Waals surface area contributed by atoms with Gasteiger partial charge in [-0.2, -0.15) is 0 Å². The first-order valence-corrected chi connectivity index (χ1v) is 8.99. The van der Waals surface area contributed by atoms with Gasteiger partial charge in [-0.25, -0.2) is 9.97 Å². The maximum Gasteiger partial charge on any atom is 0.0973 e. The molecule has 0 aliphatic rings. The zero-order valence-corrected chi connectivity index (χ0v) is 14.7.